The molecular formula is C25H33N5. The Hall–Kier alpha value is -2.95. The van der Waals surface area contributed by atoms with Gasteiger partial charge in [0.2, 0.25) is 0 Å². The van der Waals surface area contributed by atoms with Crippen LogP contribution in [0, 0.1) is 26.7 Å². The van der Waals surface area contributed by atoms with E-state index in [2.05, 4.69) is 64.0 Å². The van der Waals surface area contributed by atoms with Gasteiger partial charge in [0.05, 0.1) is 11.2 Å². The molecule has 0 atom stereocenters. The lowest BCUT2D eigenvalue weighted by atomic mass is 10.0. The third kappa shape index (κ3) is 4.45. The van der Waals surface area contributed by atoms with Gasteiger partial charge in [0.25, 0.3) is 0 Å². The van der Waals surface area contributed by atoms with Crippen LogP contribution in [-0.2, 0) is 7.05 Å². The number of nitrogens with zero attached hydrogens (tertiary/aromatic N) is 5. The summed E-state index contributed by atoms with van der Waals surface area (Å²) in [6.07, 6.45) is 6.39. The van der Waals surface area contributed by atoms with Crippen LogP contribution >= 0.6 is 0 Å². The van der Waals surface area contributed by atoms with Crippen molar-refractivity contribution < 1.29 is 0 Å². The van der Waals surface area contributed by atoms with Gasteiger partial charge in [-0.2, -0.15) is 10.2 Å². The number of rotatable bonds is 4. The number of aryl methyl sites for hydroxylation is 4. The first-order valence-corrected chi connectivity index (χ1v) is 10.8. The van der Waals surface area contributed by atoms with Crippen molar-refractivity contribution in [3.8, 4) is 16.9 Å². The van der Waals surface area contributed by atoms with E-state index in [1.165, 1.54) is 18.4 Å². The Balaban J connectivity index is 0.000000377. The molecule has 0 saturated heterocycles. The number of fused-ring (bicyclic) bond motifs is 1. The highest BCUT2D eigenvalue weighted by molar-refractivity contribution is 5.92. The summed E-state index contributed by atoms with van der Waals surface area (Å²) in [5.74, 6) is 0.935. The van der Waals surface area contributed by atoms with Crippen molar-refractivity contribution in [1.29, 1.82) is 0 Å². The van der Waals surface area contributed by atoms with Gasteiger partial charge in [0, 0.05) is 30.7 Å². The average Bonchev–Trinajstić information content (AvgIpc) is 3.36. The molecule has 0 amide bonds. The molecule has 0 unspecified atom stereocenters. The first kappa shape index (κ1) is 21.8. The molecule has 0 fully saturated rings. The Kier molecular flexibility index (Phi) is 6.70. The minimum absolute atomic E-state index is 0.934. The van der Waals surface area contributed by atoms with Crippen molar-refractivity contribution in [2.45, 2.75) is 54.4 Å². The average molecular weight is 404 g/mol. The van der Waals surface area contributed by atoms with Crippen LogP contribution in [0.25, 0.3) is 28.0 Å². The van der Waals surface area contributed by atoms with Gasteiger partial charge in [-0.05, 0) is 62.1 Å². The fraction of sp³-hybridized carbons (Fsp3) is 0.400. The first-order valence-electron chi connectivity index (χ1n) is 10.8. The van der Waals surface area contributed by atoms with E-state index in [0.29, 0.717) is 0 Å². The topological polar surface area (TPSA) is 48.5 Å². The Morgan fingerprint density at radius 2 is 1.73 bits per heavy atom. The van der Waals surface area contributed by atoms with E-state index in [9.17, 15) is 0 Å². The quantitative estimate of drug-likeness (QED) is 0.408. The summed E-state index contributed by atoms with van der Waals surface area (Å²) < 4.78 is 3.78. The molecule has 0 aliphatic carbocycles. The smallest absolute Gasteiger partial charge is 0.119 e. The Bertz CT molecular complexity index is 1120. The van der Waals surface area contributed by atoms with Crippen LogP contribution < -0.4 is 0 Å². The molecule has 30 heavy (non-hydrogen) atoms. The van der Waals surface area contributed by atoms with Gasteiger partial charge in [-0.15, -0.1) is 0 Å². The molecule has 0 aliphatic heterocycles. The lowest BCUT2D eigenvalue weighted by Gasteiger charge is -2.07. The van der Waals surface area contributed by atoms with Crippen molar-refractivity contribution in [1.82, 2.24) is 24.5 Å². The van der Waals surface area contributed by atoms with Gasteiger partial charge >= 0.3 is 0 Å². The molecule has 3 aromatic heterocycles. The molecular weight excluding hydrogens is 370 g/mol. The predicted molar refractivity (Wildman–Crippen MR) is 125 cm³/mol. The zero-order valence-corrected chi connectivity index (χ0v) is 19.3. The number of pyridine rings is 1. The lowest BCUT2D eigenvalue weighted by Crippen LogP contribution is -1.96. The van der Waals surface area contributed by atoms with E-state index in [-0.39, 0.29) is 0 Å². The summed E-state index contributed by atoms with van der Waals surface area (Å²) in [7, 11) is 1.98. The van der Waals surface area contributed by atoms with E-state index in [1.807, 2.05) is 35.6 Å². The fourth-order valence-electron chi connectivity index (χ4n) is 3.60. The van der Waals surface area contributed by atoms with E-state index in [1.54, 1.807) is 6.20 Å². The molecule has 0 bridgehead atoms. The number of aromatic nitrogens is 5. The summed E-state index contributed by atoms with van der Waals surface area (Å²) in [6.45, 7) is 13.0. The lowest BCUT2D eigenvalue weighted by molar-refractivity contribution is 0.544. The maximum atomic E-state index is 4.75. The molecule has 3 heterocycles. The van der Waals surface area contributed by atoms with Crippen molar-refractivity contribution in [2.75, 3.05) is 0 Å². The summed E-state index contributed by atoms with van der Waals surface area (Å²) in [6, 6.07) is 10.3. The van der Waals surface area contributed by atoms with Crippen LogP contribution in [0.15, 0.2) is 42.7 Å². The van der Waals surface area contributed by atoms with Gasteiger partial charge in [0.15, 0.2) is 0 Å². The van der Waals surface area contributed by atoms with E-state index in [4.69, 9.17) is 10.1 Å². The summed E-state index contributed by atoms with van der Waals surface area (Å²) >= 11 is 0. The highest BCUT2D eigenvalue weighted by Crippen LogP contribution is 2.31. The number of hydrogen-bond donors (Lipinski definition) is 0. The van der Waals surface area contributed by atoms with Crippen LogP contribution in [0.5, 0.6) is 0 Å². The molecule has 4 aromatic rings. The highest BCUT2D eigenvalue weighted by Gasteiger charge is 2.16. The monoisotopic (exact) mass is 403 g/mol. The summed E-state index contributed by atoms with van der Waals surface area (Å²) in [5, 5.41) is 9.04. The van der Waals surface area contributed by atoms with Crippen LogP contribution in [0.3, 0.4) is 0 Å². The maximum Gasteiger partial charge on any atom is 0.119 e. The second kappa shape index (κ2) is 9.24. The van der Waals surface area contributed by atoms with Crippen LogP contribution in [0.4, 0.5) is 0 Å². The van der Waals surface area contributed by atoms with Crippen molar-refractivity contribution in [3.05, 3.63) is 59.5 Å². The molecule has 5 heteroatoms. The molecule has 4 rings (SSSR count). The second-order valence-corrected chi connectivity index (χ2v) is 8.12. The van der Waals surface area contributed by atoms with Gasteiger partial charge in [0.1, 0.15) is 11.2 Å². The second-order valence-electron chi connectivity index (χ2n) is 8.12. The Labute approximate surface area is 179 Å². The molecule has 0 spiro atoms. The molecule has 0 radical (unpaired) electrons. The minimum atomic E-state index is 0.934. The molecule has 0 saturated carbocycles. The van der Waals surface area contributed by atoms with E-state index in [0.717, 1.165) is 45.2 Å². The largest absolute Gasteiger partial charge is 0.265 e. The van der Waals surface area contributed by atoms with Crippen LogP contribution in [0.2, 0.25) is 0 Å². The van der Waals surface area contributed by atoms with Crippen LogP contribution in [-0.4, -0.2) is 24.5 Å². The Morgan fingerprint density at radius 3 is 2.30 bits per heavy atom. The third-order valence-electron chi connectivity index (χ3n) is 5.74. The molecule has 0 N–H and O–H groups in total. The highest BCUT2D eigenvalue weighted by atomic mass is 15.3. The first-order chi connectivity index (χ1) is 14.3. The summed E-state index contributed by atoms with van der Waals surface area (Å²) in [5.41, 5.74) is 8.50. The zero-order chi connectivity index (χ0) is 21.8. The third-order valence-corrected chi connectivity index (χ3v) is 5.74. The van der Waals surface area contributed by atoms with Gasteiger partial charge in [-0.25, -0.2) is 9.67 Å². The predicted octanol–water partition coefficient (Wildman–Crippen LogP) is 6.19. The molecule has 5 nitrogen and oxygen atoms in total. The normalized spacial score (nSPS) is 11.1. The summed E-state index contributed by atoms with van der Waals surface area (Å²) in [4.78, 5) is 4.75. The maximum absolute atomic E-state index is 4.75. The standard InChI is InChI=1S/C19H19N5.C6H14/c1-12-11-15(24-9-5-8-20-24)6-7-16(12)17-18-19(23(4)22-17)13(2)10-14(3)21-18;1-4-6(3)5-2/h5-11H,1-4H3;6H,4-5H2,1-3H3. The van der Waals surface area contributed by atoms with Gasteiger partial charge in [-0.3, -0.25) is 4.68 Å². The SMILES string of the molecule is CCC(C)CC.Cc1cc(C)c2c(n1)c(-c1ccc(-n3cccn3)cc1C)nn2C. The fourth-order valence-corrected chi connectivity index (χ4v) is 3.60. The van der Waals surface area contributed by atoms with Gasteiger partial charge in [-0.1, -0.05) is 39.7 Å². The van der Waals surface area contributed by atoms with E-state index >= 15 is 0 Å². The van der Waals surface area contributed by atoms with Gasteiger partial charge < -0.3 is 0 Å². The van der Waals surface area contributed by atoms with E-state index < -0.39 is 0 Å². The molecule has 158 valence electrons. The Morgan fingerprint density at radius 1 is 1.00 bits per heavy atom. The zero-order valence-electron chi connectivity index (χ0n) is 19.3. The molecule has 0 aliphatic rings. The van der Waals surface area contributed by atoms with Crippen molar-refractivity contribution in [3.63, 3.8) is 0 Å². The number of benzene rings is 1. The molecule has 1 aromatic carbocycles. The van der Waals surface area contributed by atoms with Crippen molar-refractivity contribution in [2.24, 2.45) is 13.0 Å². The van der Waals surface area contributed by atoms with Crippen LogP contribution in [0.1, 0.15) is 50.4 Å². The number of hydrogen-bond acceptors (Lipinski definition) is 3. The minimum Gasteiger partial charge on any atom is -0.265 e. The van der Waals surface area contributed by atoms with Crippen molar-refractivity contribution >= 4 is 11.0 Å².